The molecule has 0 aliphatic heterocycles. The number of carbonyl (C=O) groups excluding carboxylic acids is 1. The molecule has 2 aromatic carbocycles. The van der Waals surface area contributed by atoms with Crippen molar-refractivity contribution in [3.05, 3.63) is 82.8 Å². The van der Waals surface area contributed by atoms with Crippen LogP contribution in [-0.2, 0) is 6.54 Å². The number of aryl methyl sites for hydroxylation is 2. The van der Waals surface area contributed by atoms with Gasteiger partial charge in [0.05, 0.1) is 11.3 Å². The Labute approximate surface area is 157 Å². The molecule has 134 valence electrons. The monoisotopic (exact) mass is 357 g/mol. The molecular weight excluding hydrogens is 338 g/mol. The van der Waals surface area contributed by atoms with Crippen molar-refractivity contribution in [2.24, 2.45) is 0 Å². The Morgan fingerprint density at radius 2 is 1.81 bits per heavy atom. The van der Waals surface area contributed by atoms with Crippen molar-refractivity contribution < 1.29 is 4.79 Å². The zero-order valence-electron chi connectivity index (χ0n) is 15.2. The molecule has 1 heterocycles. The fourth-order valence-electron chi connectivity index (χ4n) is 2.65. The van der Waals surface area contributed by atoms with Crippen molar-refractivity contribution in [2.75, 3.05) is 5.32 Å². The molecule has 0 radical (unpaired) electrons. The molecular formula is C21H19N5O. The Hall–Kier alpha value is -3.72. The zero-order chi connectivity index (χ0) is 19.2. The van der Waals surface area contributed by atoms with Crippen molar-refractivity contribution in [2.45, 2.75) is 20.4 Å². The van der Waals surface area contributed by atoms with E-state index in [0.717, 1.165) is 11.1 Å². The number of hydrogen-bond donors (Lipinski definition) is 2. The third-order valence-corrected chi connectivity index (χ3v) is 4.08. The van der Waals surface area contributed by atoms with Crippen LogP contribution in [0.25, 0.3) is 0 Å². The van der Waals surface area contributed by atoms with Gasteiger partial charge in [-0.15, -0.1) is 0 Å². The van der Waals surface area contributed by atoms with Crippen LogP contribution in [0, 0.1) is 25.2 Å². The Morgan fingerprint density at radius 1 is 1.07 bits per heavy atom. The summed E-state index contributed by atoms with van der Waals surface area (Å²) in [6.45, 7) is 4.15. The molecule has 0 spiro atoms. The van der Waals surface area contributed by atoms with E-state index in [0.29, 0.717) is 29.4 Å². The molecule has 27 heavy (non-hydrogen) atoms. The molecule has 0 saturated carbocycles. The molecule has 1 aromatic heterocycles. The molecule has 6 nitrogen and oxygen atoms in total. The highest BCUT2D eigenvalue weighted by Crippen LogP contribution is 2.19. The minimum Gasteiger partial charge on any atom is -0.347 e. The van der Waals surface area contributed by atoms with Crippen LogP contribution < -0.4 is 10.6 Å². The zero-order valence-corrected chi connectivity index (χ0v) is 15.2. The lowest BCUT2D eigenvalue weighted by Gasteiger charge is -2.11. The van der Waals surface area contributed by atoms with Gasteiger partial charge < -0.3 is 10.6 Å². The smallest absolute Gasteiger partial charge is 0.270 e. The minimum absolute atomic E-state index is 0.271. The molecule has 0 bridgehead atoms. The van der Waals surface area contributed by atoms with Gasteiger partial charge in [0.2, 0.25) is 0 Å². The third-order valence-electron chi connectivity index (χ3n) is 4.08. The standard InChI is InChI=1S/C21H19N5O/c1-14-7-3-4-9-17(14)13-23-21(27)19-11-20(25-15(2)24-19)26-18-10-6-5-8-16(18)12-22/h3-11H,13H2,1-2H3,(H,23,27)(H,24,25,26). The van der Waals surface area contributed by atoms with E-state index in [9.17, 15) is 10.1 Å². The highest BCUT2D eigenvalue weighted by molar-refractivity contribution is 5.93. The molecule has 3 aromatic rings. The number of aromatic nitrogens is 2. The quantitative estimate of drug-likeness (QED) is 0.727. The molecule has 0 fully saturated rings. The summed E-state index contributed by atoms with van der Waals surface area (Å²) in [5.74, 6) is 0.655. The number of para-hydroxylation sites is 1. The second kappa shape index (κ2) is 8.11. The summed E-state index contributed by atoms with van der Waals surface area (Å²) in [5.41, 5.74) is 3.57. The van der Waals surface area contributed by atoms with Crippen molar-refractivity contribution in [3.63, 3.8) is 0 Å². The second-order valence-electron chi connectivity index (χ2n) is 6.08. The van der Waals surface area contributed by atoms with Gasteiger partial charge in [0.25, 0.3) is 5.91 Å². The number of nitriles is 1. The van der Waals surface area contributed by atoms with Gasteiger partial charge in [-0.3, -0.25) is 4.79 Å². The molecule has 0 saturated heterocycles. The summed E-state index contributed by atoms with van der Waals surface area (Å²) in [5, 5.41) is 15.2. The average Bonchev–Trinajstić information content (AvgIpc) is 2.67. The molecule has 0 atom stereocenters. The molecule has 0 aliphatic carbocycles. The van der Waals surface area contributed by atoms with E-state index >= 15 is 0 Å². The van der Waals surface area contributed by atoms with Crippen LogP contribution in [0.3, 0.4) is 0 Å². The van der Waals surface area contributed by atoms with E-state index in [-0.39, 0.29) is 11.6 Å². The topological polar surface area (TPSA) is 90.7 Å². The van der Waals surface area contributed by atoms with Gasteiger partial charge in [-0.1, -0.05) is 36.4 Å². The maximum atomic E-state index is 12.5. The second-order valence-corrected chi connectivity index (χ2v) is 6.08. The van der Waals surface area contributed by atoms with Gasteiger partial charge in [-0.25, -0.2) is 9.97 Å². The summed E-state index contributed by atoms with van der Waals surface area (Å²) in [7, 11) is 0. The summed E-state index contributed by atoms with van der Waals surface area (Å²) in [6, 6.07) is 18.7. The molecule has 1 amide bonds. The van der Waals surface area contributed by atoms with E-state index in [4.69, 9.17) is 0 Å². The number of hydrogen-bond acceptors (Lipinski definition) is 5. The number of amides is 1. The Morgan fingerprint density at radius 3 is 2.59 bits per heavy atom. The van der Waals surface area contributed by atoms with E-state index in [2.05, 4.69) is 26.7 Å². The molecule has 2 N–H and O–H groups in total. The summed E-state index contributed by atoms with van der Waals surface area (Å²) >= 11 is 0. The first-order chi connectivity index (χ1) is 13.1. The Balaban J connectivity index is 1.77. The lowest BCUT2D eigenvalue weighted by molar-refractivity contribution is 0.0945. The summed E-state index contributed by atoms with van der Waals surface area (Å²) < 4.78 is 0. The Bertz CT molecular complexity index is 1020. The highest BCUT2D eigenvalue weighted by atomic mass is 16.1. The number of carbonyl (C=O) groups is 1. The highest BCUT2D eigenvalue weighted by Gasteiger charge is 2.12. The van der Waals surface area contributed by atoms with E-state index in [1.54, 1.807) is 31.2 Å². The van der Waals surface area contributed by atoms with Crippen LogP contribution in [0.15, 0.2) is 54.6 Å². The normalized spacial score (nSPS) is 10.1. The number of nitrogens with zero attached hydrogens (tertiary/aromatic N) is 3. The van der Waals surface area contributed by atoms with Crippen molar-refractivity contribution in [3.8, 4) is 6.07 Å². The number of nitrogens with one attached hydrogen (secondary N) is 2. The summed E-state index contributed by atoms with van der Waals surface area (Å²) in [4.78, 5) is 21.1. The predicted octanol–water partition coefficient (Wildman–Crippen LogP) is 3.64. The van der Waals surface area contributed by atoms with Crippen LogP contribution in [0.5, 0.6) is 0 Å². The first kappa shape index (κ1) is 18.1. The third kappa shape index (κ3) is 4.47. The Kier molecular flexibility index (Phi) is 5.43. The van der Waals surface area contributed by atoms with E-state index < -0.39 is 0 Å². The predicted molar refractivity (Wildman–Crippen MR) is 104 cm³/mol. The van der Waals surface area contributed by atoms with Crippen LogP contribution in [0.4, 0.5) is 11.5 Å². The molecule has 6 heteroatoms. The SMILES string of the molecule is Cc1nc(Nc2ccccc2C#N)cc(C(=O)NCc2ccccc2C)n1. The largest absolute Gasteiger partial charge is 0.347 e. The van der Waals surface area contributed by atoms with Crippen molar-refractivity contribution in [1.82, 2.24) is 15.3 Å². The lowest BCUT2D eigenvalue weighted by Crippen LogP contribution is -2.24. The maximum absolute atomic E-state index is 12.5. The average molecular weight is 357 g/mol. The van der Waals surface area contributed by atoms with Gasteiger partial charge in [-0.2, -0.15) is 5.26 Å². The number of benzene rings is 2. The van der Waals surface area contributed by atoms with Crippen LogP contribution in [-0.4, -0.2) is 15.9 Å². The molecule has 3 rings (SSSR count). The first-order valence-corrected chi connectivity index (χ1v) is 8.51. The fraction of sp³-hybridized carbons (Fsp3) is 0.143. The minimum atomic E-state index is -0.277. The summed E-state index contributed by atoms with van der Waals surface area (Å²) in [6.07, 6.45) is 0. The van der Waals surface area contributed by atoms with Crippen LogP contribution in [0.2, 0.25) is 0 Å². The first-order valence-electron chi connectivity index (χ1n) is 8.51. The fourth-order valence-corrected chi connectivity index (χ4v) is 2.65. The van der Waals surface area contributed by atoms with Gasteiger partial charge in [-0.05, 0) is 37.1 Å². The number of rotatable bonds is 5. The van der Waals surface area contributed by atoms with E-state index in [1.807, 2.05) is 37.3 Å². The van der Waals surface area contributed by atoms with E-state index in [1.165, 1.54) is 0 Å². The maximum Gasteiger partial charge on any atom is 0.270 e. The van der Waals surface area contributed by atoms with Gasteiger partial charge in [0.1, 0.15) is 23.4 Å². The lowest BCUT2D eigenvalue weighted by atomic mass is 10.1. The molecule has 0 aliphatic rings. The van der Waals surface area contributed by atoms with Crippen molar-refractivity contribution in [1.29, 1.82) is 5.26 Å². The van der Waals surface area contributed by atoms with Gasteiger partial charge in [0.15, 0.2) is 0 Å². The van der Waals surface area contributed by atoms with Crippen LogP contribution in [0.1, 0.15) is 33.0 Å². The van der Waals surface area contributed by atoms with Crippen molar-refractivity contribution >= 4 is 17.4 Å². The van der Waals surface area contributed by atoms with Crippen LogP contribution >= 0.6 is 0 Å². The molecule has 0 unspecified atom stereocenters. The van der Waals surface area contributed by atoms with Gasteiger partial charge >= 0.3 is 0 Å². The number of anilines is 2. The van der Waals surface area contributed by atoms with Gasteiger partial charge in [0, 0.05) is 12.6 Å².